The Kier molecular flexibility index (Phi) is 3.64. The molecule has 0 saturated heterocycles. The molecule has 1 N–H and O–H groups in total. The van der Waals surface area contributed by atoms with Gasteiger partial charge in [0, 0.05) is 9.86 Å². The first kappa shape index (κ1) is 14.4. The smallest absolute Gasteiger partial charge is 0.147 e. The molecule has 108 valence electrons. The maximum atomic E-state index is 11.2. The molecule has 2 nitrogen and oxygen atoms in total. The molecule has 3 aromatic rings. The van der Waals surface area contributed by atoms with Crippen molar-refractivity contribution in [1.29, 1.82) is 0 Å². The van der Waals surface area contributed by atoms with Crippen LogP contribution in [0.5, 0.6) is 0 Å². The fraction of sp³-hybridized carbons (Fsp3) is 0.222. The second-order valence-electron chi connectivity index (χ2n) is 5.33. The number of aliphatic hydroxyl groups is 1. The number of fused-ring (bicyclic) bond motifs is 1. The second kappa shape index (κ2) is 5.32. The molecule has 0 radical (unpaired) electrons. The summed E-state index contributed by atoms with van der Waals surface area (Å²) in [7, 11) is 0. The Morgan fingerprint density at radius 3 is 2.57 bits per heavy atom. The van der Waals surface area contributed by atoms with E-state index in [-0.39, 0.29) is 0 Å². The van der Waals surface area contributed by atoms with E-state index in [1.165, 1.54) is 0 Å². The fourth-order valence-electron chi connectivity index (χ4n) is 2.68. The number of rotatable bonds is 3. The lowest BCUT2D eigenvalue weighted by molar-refractivity contribution is 0.0543. The summed E-state index contributed by atoms with van der Waals surface area (Å²) in [5.74, 6) is 0.590. The van der Waals surface area contributed by atoms with Gasteiger partial charge in [0.2, 0.25) is 0 Å². The normalized spacial score (nSPS) is 14.3. The van der Waals surface area contributed by atoms with Gasteiger partial charge in [-0.05, 0) is 42.7 Å². The second-order valence-corrected chi connectivity index (χ2v) is 6.24. The zero-order chi connectivity index (χ0) is 15.0. The number of benzene rings is 2. The average Bonchev–Trinajstić information content (AvgIpc) is 2.92. The molecule has 21 heavy (non-hydrogen) atoms. The number of furan rings is 1. The molecule has 0 spiro atoms. The van der Waals surface area contributed by atoms with Crippen molar-refractivity contribution in [2.24, 2.45) is 0 Å². The molecule has 3 rings (SSSR count). The van der Waals surface area contributed by atoms with E-state index >= 15 is 0 Å². The standard InChI is InChI=1S/C18H17BrO2/c1-3-18(20,14-8-5-9-15(19)11-14)16-10-13-7-4-6-12(2)17(13)21-16/h4-11,20H,3H2,1-2H3. The van der Waals surface area contributed by atoms with Crippen molar-refractivity contribution < 1.29 is 9.52 Å². The van der Waals surface area contributed by atoms with Gasteiger partial charge >= 0.3 is 0 Å². The first-order valence-electron chi connectivity index (χ1n) is 7.02. The molecule has 0 aliphatic carbocycles. The number of aryl methyl sites for hydroxylation is 1. The Morgan fingerprint density at radius 2 is 1.90 bits per heavy atom. The molecule has 1 atom stereocenters. The van der Waals surface area contributed by atoms with Crippen LogP contribution in [0.3, 0.4) is 0 Å². The summed E-state index contributed by atoms with van der Waals surface area (Å²) < 4.78 is 6.93. The van der Waals surface area contributed by atoms with E-state index in [1.807, 2.05) is 62.4 Å². The molecule has 2 aromatic carbocycles. The van der Waals surface area contributed by atoms with Gasteiger partial charge in [-0.25, -0.2) is 0 Å². The van der Waals surface area contributed by atoms with Crippen LogP contribution in [0, 0.1) is 6.92 Å². The van der Waals surface area contributed by atoms with Gasteiger partial charge in [0.1, 0.15) is 16.9 Å². The number of hydrogen-bond acceptors (Lipinski definition) is 2. The Hall–Kier alpha value is -1.58. The first-order valence-corrected chi connectivity index (χ1v) is 7.82. The van der Waals surface area contributed by atoms with Gasteiger partial charge in [0.05, 0.1) is 0 Å². The summed E-state index contributed by atoms with van der Waals surface area (Å²) in [4.78, 5) is 0. The summed E-state index contributed by atoms with van der Waals surface area (Å²) in [6.45, 7) is 3.97. The van der Waals surface area contributed by atoms with Crippen LogP contribution < -0.4 is 0 Å². The average molecular weight is 345 g/mol. The van der Waals surface area contributed by atoms with E-state index in [4.69, 9.17) is 4.42 Å². The summed E-state index contributed by atoms with van der Waals surface area (Å²) in [6.07, 6.45) is 0.544. The van der Waals surface area contributed by atoms with Crippen molar-refractivity contribution in [1.82, 2.24) is 0 Å². The minimum Gasteiger partial charge on any atom is -0.457 e. The highest BCUT2D eigenvalue weighted by molar-refractivity contribution is 9.10. The SMILES string of the molecule is CCC(O)(c1cccc(Br)c1)c1cc2cccc(C)c2o1. The van der Waals surface area contributed by atoms with Gasteiger partial charge in [-0.3, -0.25) is 0 Å². The summed E-state index contributed by atoms with van der Waals surface area (Å²) in [6, 6.07) is 15.7. The van der Waals surface area contributed by atoms with Crippen LogP contribution in [0.15, 0.2) is 57.4 Å². The molecular formula is C18H17BrO2. The van der Waals surface area contributed by atoms with E-state index in [1.54, 1.807) is 0 Å². The summed E-state index contributed by atoms with van der Waals surface area (Å²) in [5.41, 5.74) is 1.63. The highest BCUT2D eigenvalue weighted by atomic mass is 79.9. The Morgan fingerprint density at radius 1 is 1.14 bits per heavy atom. The van der Waals surface area contributed by atoms with Crippen molar-refractivity contribution in [3.63, 3.8) is 0 Å². The quantitative estimate of drug-likeness (QED) is 0.712. The molecule has 3 heteroatoms. The number of halogens is 1. The molecule has 0 aliphatic heterocycles. The zero-order valence-corrected chi connectivity index (χ0v) is 13.6. The Balaban J connectivity index is 2.19. The lowest BCUT2D eigenvalue weighted by Crippen LogP contribution is -2.25. The molecule has 1 aromatic heterocycles. The lowest BCUT2D eigenvalue weighted by Gasteiger charge is -2.25. The van der Waals surface area contributed by atoms with Gasteiger partial charge in [-0.2, -0.15) is 0 Å². The van der Waals surface area contributed by atoms with Crippen LogP contribution >= 0.6 is 15.9 Å². The predicted molar refractivity (Wildman–Crippen MR) is 88.4 cm³/mol. The first-order chi connectivity index (χ1) is 10.0. The van der Waals surface area contributed by atoms with Crippen molar-refractivity contribution in [2.75, 3.05) is 0 Å². The van der Waals surface area contributed by atoms with Crippen LogP contribution in [0.2, 0.25) is 0 Å². The van der Waals surface area contributed by atoms with Crippen LogP contribution in [0.1, 0.15) is 30.2 Å². The minimum absolute atomic E-state index is 0.544. The fourth-order valence-corrected chi connectivity index (χ4v) is 3.08. The van der Waals surface area contributed by atoms with Gasteiger partial charge in [0.15, 0.2) is 0 Å². The summed E-state index contributed by atoms with van der Waals surface area (Å²) >= 11 is 3.46. The zero-order valence-electron chi connectivity index (χ0n) is 12.1. The van der Waals surface area contributed by atoms with E-state index in [2.05, 4.69) is 15.9 Å². The van der Waals surface area contributed by atoms with E-state index in [0.29, 0.717) is 12.2 Å². The van der Waals surface area contributed by atoms with Gasteiger partial charge < -0.3 is 9.52 Å². The third kappa shape index (κ3) is 2.41. The van der Waals surface area contributed by atoms with Crippen LogP contribution in [0.4, 0.5) is 0 Å². The van der Waals surface area contributed by atoms with Gasteiger partial charge in [-0.1, -0.05) is 53.2 Å². The van der Waals surface area contributed by atoms with Crippen LogP contribution in [0.25, 0.3) is 11.0 Å². The van der Waals surface area contributed by atoms with E-state index < -0.39 is 5.60 Å². The van der Waals surface area contributed by atoms with E-state index in [9.17, 15) is 5.11 Å². The number of para-hydroxylation sites is 1. The minimum atomic E-state index is -1.12. The third-order valence-electron chi connectivity index (χ3n) is 3.96. The van der Waals surface area contributed by atoms with Gasteiger partial charge in [-0.15, -0.1) is 0 Å². The van der Waals surface area contributed by atoms with Crippen molar-refractivity contribution in [2.45, 2.75) is 25.9 Å². The Bertz CT molecular complexity index is 791. The molecule has 0 bridgehead atoms. The van der Waals surface area contributed by atoms with Gasteiger partial charge in [0.25, 0.3) is 0 Å². The van der Waals surface area contributed by atoms with Crippen molar-refractivity contribution in [3.05, 3.63) is 69.9 Å². The molecule has 1 heterocycles. The molecule has 1 unspecified atom stereocenters. The lowest BCUT2D eigenvalue weighted by atomic mass is 9.88. The maximum absolute atomic E-state index is 11.2. The highest BCUT2D eigenvalue weighted by Gasteiger charge is 2.33. The van der Waals surface area contributed by atoms with E-state index in [0.717, 1.165) is 26.6 Å². The molecule has 0 fully saturated rings. The van der Waals surface area contributed by atoms with Crippen LogP contribution in [-0.4, -0.2) is 5.11 Å². The van der Waals surface area contributed by atoms with Crippen molar-refractivity contribution >= 4 is 26.9 Å². The monoisotopic (exact) mass is 344 g/mol. The topological polar surface area (TPSA) is 33.4 Å². The molecule has 0 saturated carbocycles. The largest absolute Gasteiger partial charge is 0.457 e. The van der Waals surface area contributed by atoms with Crippen LogP contribution in [-0.2, 0) is 5.60 Å². The predicted octanol–water partition coefficient (Wildman–Crippen LogP) is 5.15. The third-order valence-corrected chi connectivity index (χ3v) is 4.46. The molecule has 0 amide bonds. The Labute approximate surface area is 132 Å². The number of hydrogen-bond donors (Lipinski definition) is 1. The highest BCUT2D eigenvalue weighted by Crippen LogP contribution is 2.37. The molecular weight excluding hydrogens is 328 g/mol. The summed E-state index contributed by atoms with van der Waals surface area (Å²) in [5, 5.41) is 12.2. The maximum Gasteiger partial charge on any atom is 0.147 e. The molecule has 0 aliphatic rings. The van der Waals surface area contributed by atoms with Crippen molar-refractivity contribution in [3.8, 4) is 0 Å².